The molecule has 1 heteroatoms. The Hall–Kier alpha value is -1.34. The van der Waals surface area contributed by atoms with Crippen LogP contribution in [0.15, 0.2) is 31.4 Å². The molecule has 114 valence electrons. The number of aryl methyl sites for hydroxylation is 1. The van der Waals surface area contributed by atoms with E-state index < -0.39 is 0 Å². The topological polar surface area (TPSA) is 3.24 Å². The molecule has 1 saturated heterocycles. The zero-order chi connectivity index (χ0) is 15.6. The van der Waals surface area contributed by atoms with Gasteiger partial charge in [0.05, 0.1) is 0 Å². The third-order valence-electron chi connectivity index (χ3n) is 4.64. The van der Waals surface area contributed by atoms with Crippen molar-refractivity contribution < 1.29 is 0 Å². The van der Waals surface area contributed by atoms with Crippen LogP contribution in [0.1, 0.15) is 50.3 Å². The maximum absolute atomic E-state index is 4.09. The lowest BCUT2D eigenvalue weighted by atomic mass is 9.94. The van der Waals surface area contributed by atoms with Crippen molar-refractivity contribution in [3.63, 3.8) is 0 Å². The number of hydrogen-bond donors (Lipinski definition) is 0. The smallest absolute Gasteiger partial charge is 0.00985 e. The molecule has 0 N–H and O–H groups in total. The predicted molar refractivity (Wildman–Crippen MR) is 94.4 cm³/mol. The largest absolute Gasteiger partial charge is 0.303 e. The van der Waals surface area contributed by atoms with E-state index in [9.17, 15) is 0 Å². The molecule has 21 heavy (non-hydrogen) atoms. The Labute approximate surface area is 130 Å². The average molecular weight is 283 g/mol. The number of likely N-dealkylation sites (tertiary alicyclic amines) is 1. The molecule has 1 aromatic rings. The Balaban J connectivity index is 2.12. The fourth-order valence-corrected chi connectivity index (χ4v) is 3.36. The highest BCUT2D eigenvalue weighted by Crippen LogP contribution is 2.26. The van der Waals surface area contributed by atoms with Gasteiger partial charge in [0, 0.05) is 12.6 Å². The van der Waals surface area contributed by atoms with Gasteiger partial charge in [0.25, 0.3) is 0 Å². The molecule has 0 bridgehead atoms. The van der Waals surface area contributed by atoms with Gasteiger partial charge in [0.15, 0.2) is 0 Å². The SMILES string of the molecule is C=C(C)c1cc(CCC2CC(C)CN2C)cc(C(=C)C)c1. The second kappa shape index (κ2) is 6.62. The van der Waals surface area contributed by atoms with Crippen molar-refractivity contribution in [3.05, 3.63) is 48.0 Å². The first-order chi connectivity index (χ1) is 9.86. The number of rotatable bonds is 5. The monoisotopic (exact) mass is 283 g/mol. The van der Waals surface area contributed by atoms with Gasteiger partial charge in [0.1, 0.15) is 0 Å². The van der Waals surface area contributed by atoms with Crippen LogP contribution in [0.4, 0.5) is 0 Å². The van der Waals surface area contributed by atoms with E-state index >= 15 is 0 Å². The molecule has 0 amide bonds. The summed E-state index contributed by atoms with van der Waals surface area (Å²) in [6, 6.07) is 7.54. The van der Waals surface area contributed by atoms with Crippen molar-refractivity contribution in [2.45, 2.75) is 46.1 Å². The van der Waals surface area contributed by atoms with E-state index in [-0.39, 0.29) is 0 Å². The summed E-state index contributed by atoms with van der Waals surface area (Å²) in [7, 11) is 2.26. The molecule has 1 heterocycles. The van der Waals surface area contributed by atoms with Gasteiger partial charge in [-0.05, 0) is 68.8 Å². The Bertz CT molecular complexity index is 509. The lowest BCUT2D eigenvalue weighted by Gasteiger charge is -2.19. The Morgan fingerprint density at radius 2 is 1.71 bits per heavy atom. The number of allylic oxidation sites excluding steroid dienone is 2. The van der Waals surface area contributed by atoms with Gasteiger partial charge in [-0.15, -0.1) is 0 Å². The maximum atomic E-state index is 4.09. The van der Waals surface area contributed by atoms with E-state index in [1.54, 1.807) is 0 Å². The zero-order valence-corrected chi connectivity index (χ0v) is 14.1. The molecule has 0 aromatic heterocycles. The van der Waals surface area contributed by atoms with Gasteiger partial charge < -0.3 is 4.90 Å². The van der Waals surface area contributed by atoms with Crippen molar-refractivity contribution in [2.75, 3.05) is 13.6 Å². The number of benzene rings is 1. The fourth-order valence-electron chi connectivity index (χ4n) is 3.36. The van der Waals surface area contributed by atoms with E-state index in [4.69, 9.17) is 0 Å². The molecule has 0 saturated carbocycles. The molecule has 1 aliphatic rings. The summed E-state index contributed by atoms with van der Waals surface area (Å²) in [5, 5.41) is 0. The standard InChI is InChI=1S/C20H29N/c1-14(2)18-10-17(11-19(12-18)15(3)4)7-8-20-9-16(5)13-21(20)6/h10-12,16,20H,1,3,7-9,13H2,2,4-6H3. The van der Waals surface area contributed by atoms with Crippen LogP contribution in [0.2, 0.25) is 0 Å². The van der Waals surface area contributed by atoms with E-state index in [0.29, 0.717) is 0 Å². The fraction of sp³-hybridized carbons (Fsp3) is 0.500. The summed E-state index contributed by atoms with van der Waals surface area (Å²) in [4.78, 5) is 2.52. The summed E-state index contributed by atoms with van der Waals surface area (Å²) in [5.41, 5.74) is 6.18. The molecule has 0 spiro atoms. The highest BCUT2D eigenvalue weighted by molar-refractivity contribution is 5.69. The van der Waals surface area contributed by atoms with Gasteiger partial charge in [-0.25, -0.2) is 0 Å². The molecule has 1 nitrogen and oxygen atoms in total. The molecule has 1 aromatic carbocycles. The molecular weight excluding hydrogens is 254 g/mol. The Kier molecular flexibility index (Phi) is 5.05. The first-order valence-electron chi connectivity index (χ1n) is 8.02. The van der Waals surface area contributed by atoms with Gasteiger partial charge in [-0.1, -0.05) is 43.4 Å². The molecule has 1 aliphatic heterocycles. The lowest BCUT2D eigenvalue weighted by Crippen LogP contribution is -2.25. The molecular formula is C20H29N. The first-order valence-corrected chi connectivity index (χ1v) is 8.02. The van der Waals surface area contributed by atoms with Crippen LogP contribution in [0.3, 0.4) is 0 Å². The van der Waals surface area contributed by atoms with Crippen LogP contribution in [0, 0.1) is 5.92 Å². The van der Waals surface area contributed by atoms with E-state index in [2.05, 4.69) is 64.1 Å². The zero-order valence-electron chi connectivity index (χ0n) is 14.1. The van der Waals surface area contributed by atoms with Crippen molar-refractivity contribution >= 4 is 11.1 Å². The van der Waals surface area contributed by atoms with Crippen molar-refractivity contribution in [3.8, 4) is 0 Å². The van der Waals surface area contributed by atoms with Crippen LogP contribution in [-0.2, 0) is 6.42 Å². The van der Waals surface area contributed by atoms with Crippen molar-refractivity contribution in [1.82, 2.24) is 4.90 Å². The van der Waals surface area contributed by atoms with Crippen LogP contribution >= 0.6 is 0 Å². The summed E-state index contributed by atoms with van der Waals surface area (Å²) in [6.45, 7) is 15.9. The minimum absolute atomic E-state index is 0.738. The van der Waals surface area contributed by atoms with Gasteiger partial charge >= 0.3 is 0 Å². The van der Waals surface area contributed by atoms with Gasteiger partial charge in [-0.3, -0.25) is 0 Å². The minimum Gasteiger partial charge on any atom is -0.303 e. The number of hydrogen-bond acceptors (Lipinski definition) is 1. The van der Waals surface area contributed by atoms with E-state index in [0.717, 1.165) is 29.5 Å². The highest BCUT2D eigenvalue weighted by atomic mass is 15.1. The quantitative estimate of drug-likeness (QED) is 0.733. The highest BCUT2D eigenvalue weighted by Gasteiger charge is 2.25. The molecule has 0 radical (unpaired) electrons. The van der Waals surface area contributed by atoms with Crippen LogP contribution in [0.25, 0.3) is 11.1 Å². The molecule has 0 aliphatic carbocycles. The summed E-state index contributed by atoms with van der Waals surface area (Å²) >= 11 is 0. The van der Waals surface area contributed by atoms with Crippen LogP contribution in [0.5, 0.6) is 0 Å². The molecule has 2 rings (SSSR count). The lowest BCUT2D eigenvalue weighted by molar-refractivity contribution is 0.295. The predicted octanol–water partition coefficient (Wildman–Crippen LogP) is 5.03. The second-order valence-corrected chi connectivity index (χ2v) is 6.95. The Morgan fingerprint density at radius 1 is 1.14 bits per heavy atom. The summed E-state index contributed by atoms with van der Waals surface area (Å²) < 4.78 is 0. The molecule has 2 atom stereocenters. The van der Waals surface area contributed by atoms with Gasteiger partial charge in [0.2, 0.25) is 0 Å². The third-order valence-corrected chi connectivity index (χ3v) is 4.64. The summed E-state index contributed by atoms with van der Waals surface area (Å²) in [5.74, 6) is 0.840. The average Bonchev–Trinajstić information content (AvgIpc) is 2.74. The normalized spacial score (nSPS) is 22.5. The van der Waals surface area contributed by atoms with Crippen LogP contribution < -0.4 is 0 Å². The maximum Gasteiger partial charge on any atom is 0.00985 e. The third kappa shape index (κ3) is 4.07. The van der Waals surface area contributed by atoms with Crippen LogP contribution in [-0.4, -0.2) is 24.5 Å². The van der Waals surface area contributed by atoms with E-state index in [1.165, 1.54) is 36.1 Å². The van der Waals surface area contributed by atoms with Crippen molar-refractivity contribution in [1.29, 1.82) is 0 Å². The van der Waals surface area contributed by atoms with Crippen molar-refractivity contribution in [2.24, 2.45) is 5.92 Å². The summed E-state index contributed by atoms with van der Waals surface area (Å²) in [6.07, 6.45) is 3.73. The molecule has 1 fully saturated rings. The second-order valence-electron chi connectivity index (χ2n) is 6.95. The van der Waals surface area contributed by atoms with Gasteiger partial charge in [-0.2, -0.15) is 0 Å². The first kappa shape index (κ1) is 16.0. The molecule has 2 unspecified atom stereocenters. The van der Waals surface area contributed by atoms with E-state index in [1.807, 2.05) is 0 Å². The minimum atomic E-state index is 0.738. The Morgan fingerprint density at radius 3 is 2.14 bits per heavy atom. The number of nitrogens with zero attached hydrogens (tertiary/aromatic N) is 1.